The van der Waals surface area contributed by atoms with E-state index >= 15 is 0 Å². The van der Waals surface area contributed by atoms with Crippen molar-refractivity contribution >= 4 is 23.5 Å². The van der Waals surface area contributed by atoms with Crippen LogP contribution in [0.1, 0.15) is 25.3 Å². The van der Waals surface area contributed by atoms with Crippen molar-refractivity contribution in [1.29, 1.82) is 0 Å². The van der Waals surface area contributed by atoms with Crippen LogP contribution in [-0.4, -0.2) is 35.5 Å². The molecule has 0 spiro atoms. The Hall–Kier alpha value is -2.70. The number of carboxylic acids is 1. The van der Waals surface area contributed by atoms with E-state index in [2.05, 4.69) is 5.32 Å². The van der Waals surface area contributed by atoms with Crippen LogP contribution in [-0.2, 0) is 14.4 Å². The monoisotopic (exact) mass is 348 g/mol. The highest BCUT2D eigenvalue weighted by atomic mass is 19.1. The molecule has 1 aliphatic rings. The van der Waals surface area contributed by atoms with E-state index in [0.717, 1.165) is 0 Å². The van der Waals surface area contributed by atoms with Crippen molar-refractivity contribution in [3.8, 4) is 0 Å². The van der Waals surface area contributed by atoms with E-state index in [4.69, 9.17) is 5.11 Å². The first kappa shape index (κ1) is 18.6. The number of hydrogen-bond donors (Lipinski definition) is 2. The Morgan fingerprint density at radius 3 is 2.80 bits per heavy atom. The summed E-state index contributed by atoms with van der Waals surface area (Å²) in [5.74, 6) is -2.83. The number of hydrogen-bond acceptors (Lipinski definition) is 3. The molecule has 1 heterocycles. The van der Waals surface area contributed by atoms with Crippen molar-refractivity contribution in [2.24, 2.45) is 5.92 Å². The van der Waals surface area contributed by atoms with Gasteiger partial charge in [-0.05, 0) is 44.0 Å². The molecule has 25 heavy (non-hydrogen) atoms. The van der Waals surface area contributed by atoms with Crippen LogP contribution >= 0.6 is 0 Å². The fourth-order valence-corrected chi connectivity index (χ4v) is 2.71. The third-order valence-corrected chi connectivity index (χ3v) is 4.17. The molecule has 7 heteroatoms. The smallest absolute Gasteiger partial charge is 0.326 e. The number of aryl methyl sites for hydroxylation is 1. The van der Waals surface area contributed by atoms with E-state index in [9.17, 15) is 18.8 Å². The molecule has 0 aliphatic carbocycles. The van der Waals surface area contributed by atoms with Crippen LogP contribution in [0.5, 0.6) is 0 Å². The largest absolute Gasteiger partial charge is 0.480 e. The lowest BCUT2D eigenvalue weighted by Crippen LogP contribution is -2.44. The van der Waals surface area contributed by atoms with Gasteiger partial charge in [-0.15, -0.1) is 0 Å². The van der Waals surface area contributed by atoms with Crippen LogP contribution in [0.4, 0.5) is 10.1 Å². The maximum atomic E-state index is 13.4. The van der Waals surface area contributed by atoms with Crippen LogP contribution in [0.25, 0.3) is 0 Å². The Labute approximate surface area is 145 Å². The molecule has 6 nitrogen and oxygen atoms in total. The molecule has 2 rings (SSSR count). The molecule has 2 amide bonds. The van der Waals surface area contributed by atoms with Crippen LogP contribution in [0.2, 0.25) is 0 Å². The van der Waals surface area contributed by atoms with Gasteiger partial charge in [0.15, 0.2) is 0 Å². The zero-order valence-electron chi connectivity index (χ0n) is 14.2. The number of amides is 2. The normalized spacial score (nSPS) is 18.6. The molecule has 2 atom stereocenters. The number of anilines is 1. The molecule has 0 radical (unpaired) electrons. The van der Waals surface area contributed by atoms with Crippen LogP contribution < -0.4 is 10.2 Å². The second-order valence-electron chi connectivity index (χ2n) is 6.04. The van der Waals surface area contributed by atoms with Gasteiger partial charge in [0.2, 0.25) is 11.8 Å². The summed E-state index contributed by atoms with van der Waals surface area (Å²) in [5, 5.41) is 11.6. The first-order chi connectivity index (χ1) is 11.8. The molecule has 1 fully saturated rings. The fraction of sp³-hybridized carbons (Fsp3) is 0.389. The van der Waals surface area contributed by atoms with Crippen LogP contribution in [0, 0.1) is 18.7 Å². The lowest BCUT2D eigenvalue weighted by atomic mass is 10.1. The minimum absolute atomic E-state index is 0.00177. The molecule has 1 aliphatic heterocycles. The zero-order chi connectivity index (χ0) is 18.6. The molecule has 1 saturated heterocycles. The van der Waals surface area contributed by atoms with Gasteiger partial charge >= 0.3 is 5.97 Å². The molecule has 2 N–H and O–H groups in total. The third-order valence-electron chi connectivity index (χ3n) is 4.17. The molecular formula is C18H21FN2O4. The molecule has 2 unspecified atom stereocenters. The summed E-state index contributed by atoms with van der Waals surface area (Å²) >= 11 is 0. The van der Waals surface area contributed by atoms with Gasteiger partial charge in [0.05, 0.1) is 5.92 Å². The van der Waals surface area contributed by atoms with Gasteiger partial charge in [-0.2, -0.15) is 0 Å². The van der Waals surface area contributed by atoms with E-state index < -0.39 is 23.8 Å². The lowest BCUT2D eigenvalue weighted by Gasteiger charge is -2.18. The number of carbonyl (C=O) groups is 3. The zero-order valence-corrected chi connectivity index (χ0v) is 14.2. The maximum absolute atomic E-state index is 13.4. The highest BCUT2D eigenvalue weighted by Gasteiger charge is 2.36. The molecular weight excluding hydrogens is 327 g/mol. The number of nitrogens with zero attached hydrogens (tertiary/aromatic N) is 1. The number of halogens is 1. The van der Waals surface area contributed by atoms with E-state index in [1.165, 1.54) is 17.0 Å². The Balaban J connectivity index is 2.06. The topological polar surface area (TPSA) is 86.7 Å². The average Bonchev–Trinajstić information content (AvgIpc) is 2.95. The average molecular weight is 348 g/mol. The van der Waals surface area contributed by atoms with Crippen molar-refractivity contribution in [2.75, 3.05) is 11.4 Å². The van der Waals surface area contributed by atoms with Crippen LogP contribution in [0.3, 0.4) is 0 Å². The van der Waals surface area contributed by atoms with Crippen molar-refractivity contribution in [2.45, 2.75) is 32.7 Å². The van der Waals surface area contributed by atoms with Gasteiger partial charge < -0.3 is 15.3 Å². The molecule has 0 bridgehead atoms. The summed E-state index contributed by atoms with van der Waals surface area (Å²) < 4.78 is 13.4. The Morgan fingerprint density at radius 2 is 2.20 bits per heavy atom. The maximum Gasteiger partial charge on any atom is 0.326 e. The van der Waals surface area contributed by atoms with Crippen molar-refractivity contribution in [3.05, 3.63) is 41.7 Å². The predicted molar refractivity (Wildman–Crippen MR) is 90.6 cm³/mol. The minimum atomic E-state index is -1.12. The quantitative estimate of drug-likeness (QED) is 0.770. The predicted octanol–water partition coefficient (Wildman–Crippen LogP) is 2.02. The second-order valence-corrected chi connectivity index (χ2v) is 6.04. The SMILES string of the molecule is C/C=C/CC(NC(=O)C1CC(=O)N(c2ccc(F)c(C)c2)C1)C(=O)O. The van der Waals surface area contributed by atoms with Gasteiger partial charge in [-0.25, -0.2) is 9.18 Å². The number of nitrogens with one attached hydrogen (secondary N) is 1. The molecule has 0 aromatic heterocycles. The first-order valence-electron chi connectivity index (χ1n) is 8.04. The van der Waals surface area contributed by atoms with E-state index in [0.29, 0.717) is 11.3 Å². The number of rotatable bonds is 6. The van der Waals surface area contributed by atoms with Crippen LogP contribution in [0.15, 0.2) is 30.4 Å². The Bertz CT molecular complexity index is 717. The number of carbonyl (C=O) groups excluding carboxylic acids is 2. The number of aliphatic carboxylic acids is 1. The highest BCUT2D eigenvalue weighted by Crippen LogP contribution is 2.26. The Morgan fingerprint density at radius 1 is 1.48 bits per heavy atom. The van der Waals surface area contributed by atoms with Gasteiger partial charge in [0.1, 0.15) is 11.9 Å². The molecule has 1 aromatic carbocycles. The molecule has 0 saturated carbocycles. The van der Waals surface area contributed by atoms with Gasteiger partial charge in [-0.3, -0.25) is 9.59 Å². The van der Waals surface area contributed by atoms with Gasteiger partial charge in [0.25, 0.3) is 0 Å². The third kappa shape index (κ3) is 4.43. The van der Waals surface area contributed by atoms with Gasteiger partial charge in [0, 0.05) is 18.7 Å². The van der Waals surface area contributed by atoms with Crippen molar-refractivity contribution in [1.82, 2.24) is 5.32 Å². The van der Waals surface area contributed by atoms with E-state index in [1.54, 1.807) is 32.1 Å². The van der Waals surface area contributed by atoms with Gasteiger partial charge in [-0.1, -0.05) is 12.2 Å². The number of carboxylic acid groups (broad SMARTS) is 1. The number of benzene rings is 1. The summed E-state index contributed by atoms with van der Waals surface area (Å²) in [6.45, 7) is 3.51. The summed E-state index contributed by atoms with van der Waals surface area (Å²) in [7, 11) is 0. The van der Waals surface area contributed by atoms with Crippen molar-refractivity contribution < 1.29 is 23.9 Å². The summed E-state index contributed by atoms with van der Waals surface area (Å²) in [6, 6.07) is 3.30. The Kier molecular flexibility index (Phi) is 5.90. The highest BCUT2D eigenvalue weighted by molar-refractivity contribution is 6.00. The number of allylic oxidation sites excluding steroid dienone is 1. The fourth-order valence-electron chi connectivity index (χ4n) is 2.71. The molecule has 1 aromatic rings. The van der Waals surface area contributed by atoms with E-state index in [1.807, 2.05) is 0 Å². The van der Waals surface area contributed by atoms with E-state index in [-0.39, 0.29) is 31.1 Å². The standard InChI is InChI=1S/C18H21FN2O4/c1-3-4-5-15(18(24)25)20-17(23)12-9-16(22)21(10-12)13-6-7-14(19)11(2)8-13/h3-4,6-8,12,15H,5,9-10H2,1-2H3,(H,20,23)(H,24,25)/b4-3+. The lowest BCUT2D eigenvalue weighted by molar-refractivity contribution is -0.142. The first-order valence-corrected chi connectivity index (χ1v) is 8.04. The molecule has 134 valence electrons. The van der Waals surface area contributed by atoms with Crippen molar-refractivity contribution in [3.63, 3.8) is 0 Å². The summed E-state index contributed by atoms with van der Waals surface area (Å²) in [4.78, 5) is 37.2. The minimum Gasteiger partial charge on any atom is -0.480 e. The second kappa shape index (κ2) is 7.92. The summed E-state index contributed by atoms with van der Waals surface area (Å²) in [6.07, 6.45) is 3.55. The summed E-state index contributed by atoms with van der Waals surface area (Å²) in [5.41, 5.74) is 0.943.